The van der Waals surface area contributed by atoms with Gasteiger partial charge in [0.05, 0.1) is 18.2 Å². The van der Waals surface area contributed by atoms with Crippen LogP contribution in [0.3, 0.4) is 0 Å². The third-order valence-corrected chi connectivity index (χ3v) is 4.11. The number of nitrogens with zero attached hydrogens (tertiary/aromatic N) is 2. The number of primary amides is 1. The van der Waals surface area contributed by atoms with E-state index >= 15 is 0 Å². The lowest BCUT2D eigenvalue weighted by Gasteiger charge is -2.36. The minimum absolute atomic E-state index is 0.200. The number of nitrogens with one attached hydrogen (secondary N) is 2. The fourth-order valence-electron chi connectivity index (χ4n) is 2.58. The van der Waals surface area contributed by atoms with Gasteiger partial charge in [-0.2, -0.15) is 0 Å². The van der Waals surface area contributed by atoms with E-state index in [2.05, 4.69) is 15.6 Å². The van der Waals surface area contributed by atoms with Crippen molar-refractivity contribution in [3.8, 4) is 0 Å². The highest BCUT2D eigenvalue weighted by Gasteiger charge is 2.34. The summed E-state index contributed by atoms with van der Waals surface area (Å²) in [7, 11) is 0. The molecular formula is C18H19N5O3. The van der Waals surface area contributed by atoms with E-state index in [4.69, 9.17) is 5.73 Å². The van der Waals surface area contributed by atoms with Crippen LogP contribution in [0.1, 0.15) is 16.1 Å². The van der Waals surface area contributed by atoms with Crippen molar-refractivity contribution in [3.63, 3.8) is 0 Å². The number of pyridine rings is 1. The van der Waals surface area contributed by atoms with Gasteiger partial charge in [0, 0.05) is 30.5 Å². The molecule has 8 nitrogen and oxygen atoms in total. The summed E-state index contributed by atoms with van der Waals surface area (Å²) in [5.41, 5.74) is 6.86. The molecule has 0 unspecified atom stereocenters. The Labute approximate surface area is 150 Å². The van der Waals surface area contributed by atoms with Gasteiger partial charge in [-0.15, -0.1) is 0 Å². The summed E-state index contributed by atoms with van der Waals surface area (Å²) in [6, 6.07) is 11.6. The molecule has 0 saturated carbocycles. The first-order chi connectivity index (χ1) is 12.5. The molecule has 26 heavy (non-hydrogen) atoms. The molecule has 2 heterocycles. The second-order valence-corrected chi connectivity index (χ2v) is 6.01. The van der Waals surface area contributed by atoms with Gasteiger partial charge < -0.3 is 21.3 Å². The van der Waals surface area contributed by atoms with Crippen molar-refractivity contribution < 1.29 is 14.4 Å². The van der Waals surface area contributed by atoms with Crippen LogP contribution in [0.2, 0.25) is 0 Å². The summed E-state index contributed by atoms with van der Waals surface area (Å²) < 4.78 is 0. The van der Waals surface area contributed by atoms with E-state index in [9.17, 15) is 14.4 Å². The minimum atomic E-state index is -0.527. The summed E-state index contributed by atoms with van der Waals surface area (Å²) in [6.07, 6.45) is 1.66. The first kappa shape index (κ1) is 17.4. The lowest BCUT2D eigenvalue weighted by Crippen LogP contribution is -2.56. The summed E-state index contributed by atoms with van der Waals surface area (Å²) in [5.74, 6) is -0.743. The Hall–Kier alpha value is -3.42. The van der Waals surface area contributed by atoms with E-state index in [0.29, 0.717) is 30.9 Å². The number of amides is 4. The van der Waals surface area contributed by atoms with Gasteiger partial charge in [-0.3, -0.25) is 14.6 Å². The first-order valence-electron chi connectivity index (χ1n) is 8.16. The molecule has 1 saturated heterocycles. The fourth-order valence-corrected chi connectivity index (χ4v) is 2.58. The van der Waals surface area contributed by atoms with Crippen molar-refractivity contribution in [2.24, 2.45) is 11.7 Å². The Morgan fingerprint density at radius 3 is 2.65 bits per heavy atom. The fraction of sp³-hybridized carbons (Fsp3) is 0.222. The quantitative estimate of drug-likeness (QED) is 0.742. The second kappa shape index (κ2) is 7.64. The Bertz CT molecular complexity index is 819. The molecule has 1 aliphatic heterocycles. The van der Waals surface area contributed by atoms with Gasteiger partial charge in [-0.25, -0.2) is 4.79 Å². The molecule has 3 rings (SSSR count). The van der Waals surface area contributed by atoms with Crippen molar-refractivity contribution in [2.75, 3.05) is 18.4 Å². The van der Waals surface area contributed by atoms with Crippen LogP contribution < -0.4 is 16.4 Å². The van der Waals surface area contributed by atoms with Crippen LogP contribution in [0.15, 0.2) is 48.7 Å². The predicted octanol–water partition coefficient (Wildman–Crippen LogP) is 0.961. The zero-order chi connectivity index (χ0) is 18.5. The summed E-state index contributed by atoms with van der Waals surface area (Å²) >= 11 is 0. The van der Waals surface area contributed by atoms with Gasteiger partial charge in [-0.05, 0) is 30.3 Å². The van der Waals surface area contributed by atoms with E-state index < -0.39 is 6.03 Å². The molecule has 1 aromatic heterocycles. The van der Waals surface area contributed by atoms with Crippen molar-refractivity contribution in [3.05, 3.63) is 59.9 Å². The zero-order valence-corrected chi connectivity index (χ0v) is 14.0. The van der Waals surface area contributed by atoms with Crippen LogP contribution in [0, 0.1) is 5.92 Å². The summed E-state index contributed by atoms with van der Waals surface area (Å²) in [6.45, 7) is 0.943. The number of anilines is 1. The van der Waals surface area contributed by atoms with Crippen LogP contribution >= 0.6 is 0 Å². The van der Waals surface area contributed by atoms with E-state index in [1.165, 1.54) is 4.90 Å². The molecular weight excluding hydrogens is 334 g/mol. The molecule has 0 radical (unpaired) electrons. The smallest absolute Gasteiger partial charge is 0.314 e. The van der Waals surface area contributed by atoms with Crippen molar-refractivity contribution >= 4 is 23.5 Å². The molecule has 1 aromatic carbocycles. The van der Waals surface area contributed by atoms with Crippen molar-refractivity contribution in [2.45, 2.75) is 6.54 Å². The van der Waals surface area contributed by atoms with E-state index in [0.717, 1.165) is 5.69 Å². The lowest BCUT2D eigenvalue weighted by molar-refractivity contribution is -0.123. The first-order valence-corrected chi connectivity index (χ1v) is 8.16. The standard InChI is InChI=1S/C18H19N5O3/c19-18(26)23-10-13(11-23)17(25)22-14-6-3-4-12(8-14)16(24)21-9-15-5-1-2-7-20-15/h1-8,13H,9-11H2,(H2,19,26)(H,21,24)(H,22,25). The molecule has 1 fully saturated rings. The Balaban J connectivity index is 1.55. The monoisotopic (exact) mass is 353 g/mol. The van der Waals surface area contributed by atoms with Crippen molar-refractivity contribution in [1.82, 2.24) is 15.2 Å². The van der Waals surface area contributed by atoms with E-state index in [-0.39, 0.29) is 17.7 Å². The number of carbonyl (C=O) groups excluding carboxylic acids is 3. The average Bonchev–Trinajstić information content (AvgIpc) is 2.59. The van der Waals surface area contributed by atoms with Gasteiger partial charge >= 0.3 is 6.03 Å². The van der Waals surface area contributed by atoms with Crippen LogP contribution in [-0.2, 0) is 11.3 Å². The second-order valence-electron chi connectivity index (χ2n) is 6.01. The Morgan fingerprint density at radius 1 is 1.15 bits per heavy atom. The third kappa shape index (κ3) is 4.15. The number of carbonyl (C=O) groups is 3. The van der Waals surface area contributed by atoms with Crippen LogP contribution in [0.25, 0.3) is 0 Å². The normalized spacial score (nSPS) is 13.6. The molecule has 1 aliphatic rings. The van der Waals surface area contributed by atoms with Crippen LogP contribution in [0.5, 0.6) is 0 Å². The van der Waals surface area contributed by atoms with E-state index in [1.54, 1.807) is 30.5 Å². The molecule has 134 valence electrons. The lowest BCUT2D eigenvalue weighted by atomic mass is 9.99. The van der Waals surface area contributed by atoms with Gasteiger partial charge in [-0.1, -0.05) is 12.1 Å². The number of aromatic nitrogens is 1. The van der Waals surface area contributed by atoms with Gasteiger partial charge in [0.2, 0.25) is 5.91 Å². The molecule has 8 heteroatoms. The van der Waals surface area contributed by atoms with Gasteiger partial charge in [0.25, 0.3) is 5.91 Å². The molecule has 4 N–H and O–H groups in total. The third-order valence-electron chi connectivity index (χ3n) is 4.11. The minimum Gasteiger partial charge on any atom is -0.351 e. The Morgan fingerprint density at radius 2 is 1.96 bits per heavy atom. The summed E-state index contributed by atoms with van der Waals surface area (Å²) in [4.78, 5) is 40.9. The van der Waals surface area contributed by atoms with Crippen LogP contribution in [-0.4, -0.2) is 40.8 Å². The number of rotatable bonds is 5. The number of hydrogen-bond acceptors (Lipinski definition) is 4. The molecule has 0 aliphatic carbocycles. The van der Waals surface area contributed by atoms with Crippen molar-refractivity contribution in [1.29, 1.82) is 0 Å². The highest BCUT2D eigenvalue weighted by atomic mass is 16.2. The summed E-state index contributed by atoms with van der Waals surface area (Å²) in [5, 5.41) is 5.55. The SMILES string of the molecule is NC(=O)N1CC(C(=O)Nc2cccc(C(=O)NCc3ccccn3)c2)C1. The number of urea groups is 1. The molecule has 2 aromatic rings. The number of benzene rings is 1. The maximum absolute atomic E-state index is 12.3. The zero-order valence-electron chi connectivity index (χ0n) is 14.0. The van der Waals surface area contributed by atoms with Crippen LogP contribution in [0.4, 0.5) is 10.5 Å². The van der Waals surface area contributed by atoms with Gasteiger partial charge in [0.15, 0.2) is 0 Å². The molecule has 0 bridgehead atoms. The number of hydrogen-bond donors (Lipinski definition) is 3. The van der Waals surface area contributed by atoms with E-state index in [1.807, 2.05) is 18.2 Å². The number of nitrogens with two attached hydrogens (primary N) is 1. The molecule has 4 amide bonds. The molecule has 0 spiro atoms. The Kier molecular flexibility index (Phi) is 5.12. The molecule has 0 atom stereocenters. The predicted molar refractivity (Wildman–Crippen MR) is 95.1 cm³/mol. The topological polar surface area (TPSA) is 117 Å². The largest absolute Gasteiger partial charge is 0.351 e. The maximum Gasteiger partial charge on any atom is 0.314 e. The highest BCUT2D eigenvalue weighted by molar-refractivity contribution is 5.98. The highest BCUT2D eigenvalue weighted by Crippen LogP contribution is 2.18. The van der Waals surface area contributed by atoms with Gasteiger partial charge in [0.1, 0.15) is 0 Å². The maximum atomic E-state index is 12.3. The average molecular weight is 353 g/mol. The number of likely N-dealkylation sites (tertiary alicyclic amines) is 1.